The van der Waals surface area contributed by atoms with Gasteiger partial charge in [0.2, 0.25) is 17.6 Å². The Balaban J connectivity index is 1.59. The summed E-state index contributed by atoms with van der Waals surface area (Å²) in [6.07, 6.45) is 3.63. The number of hydrogen-bond donors (Lipinski definition) is 2. The molecule has 152 valence electrons. The smallest absolute Gasteiger partial charge is 0.243 e. The van der Waals surface area contributed by atoms with Gasteiger partial charge >= 0.3 is 0 Å². The number of benzene rings is 2. The van der Waals surface area contributed by atoms with Crippen molar-refractivity contribution in [3.8, 4) is 17.2 Å². The van der Waals surface area contributed by atoms with E-state index in [1.807, 2.05) is 24.3 Å². The molecule has 1 atom stereocenters. The van der Waals surface area contributed by atoms with E-state index in [4.69, 9.17) is 14.2 Å². The molecule has 0 spiro atoms. The number of ether oxygens (including phenoxy) is 3. The van der Waals surface area contributed by atoms with Gasteiger partial charge in [0.05, 0.1) is 27.2 Å². The van der Waals surface area contributed by atoms with E-state index in [-0.39, 0.29) is 17.7 Å². The minimum atomic E-state index is -0.245. The number of rotatable bonds is 8. The molecule has 29 heavy (non-hydrogen) atoms. The zero-order chi connectivity index (χ0) is 20.8. The molecular formula is C22H24N2O5. The van der Waals surface area contributed by atoms with Crippen molar-refractivity contribution in [2.24, 2.45) is 0 Å². The third-order valence-corrected chi connectivity index (χ3v) is 4.76. The fraction of sp³-hybridized carbons (Fsp3) is 0.273. The maximum absolute atomic E-state index is 12.2. The molecule has 7 heteroatoms. The third kappa shape index (κ3) is 4.51. The second kappa shape index (κ2) is 9.14. The van der Waals surface area contributed by atoms with Crippen LogP contribution >= 0.6 is 0 Å². The van der Waals surface area contributed by atoms with Crippen LogP contribution in [0.1, 0.15) is 23.5 Å². The number of para-hydroxylation sites is 1. The Labute approximate surface area is 169 Å². The van der Waals surface area contributed by atoms with Gasteiger partial charge in [-0.3, -0.25) is 9.59 Å². The fourth-order valence-corrected chi connectivity index (χ4v) is 3.33. The molecule has 0 aromatic heterocycles. The summed E-state index contributed by atoms with van der Waals surface area (Å²) < 4.78 is 15.9. The maximum atomic E-state index is 12.2. The van der Waals surface area contributed by atoms with Gasteiger partial charge in [0.25, 0.3) is 0 Å². The molecule has 0 radical (unpaired) electrons. The van der Waals surface area contributed by atoms with Gasteiger partial charge in [-0.1, -0.05) is 18.2 Å². The van der Waals surface area contributed by atoms with Gasteiger partial charge in [0, 0.05) is 18.3 Å². The van der Waals surface area contributed by atoms with Crippen molar-refractivity contribution >= 4 is 23.6 Å². The largest absolute Gasteiger partial charge is 0.493 e. The predicted octanol–water partition coefficient (Wildman–Crippen LogP) is 2.97. The number of amides is 2. The first-order valence-electron chi connectivity index (χ1n) is 9.23. The van der Waals surface area contributed by atoms with Crippen LogP contribution in [0, 0.1) is 0 Å². The molecular weight excluding hydrogens is 372 g/mol. The van der Waals surface area contributed by atoms with E-state index in [2.05, 4.69) is 10.6 Å². The summed E-state index contributed by atoms with van der Waals surface area (Å²) in [5.41, 5.74) is 2.55. The van der Waals surface area contributed by atoms with Crippen LogP contribution < -0.4 is 24.8 Å². The van der Waals surface area contributed by atoms with Gasteiger partial charge in [-0.15, -0.1) is 0 Å². The van der Waals surface area contributed by atoms with Gasteiger partial charge in [0.15, 0.2) is 11.5 Å². The number of nitrogens with one attached hydrogen (secondary N) is 2. The summed E-state index contributed by atoms with van der Waals surface area (Å²) in [4.78, 5) is 24.3. The van der Waals surface area contributed by atoms with Crippen LogP contribution in [-0.4, -0.2) is 39.7 Å². The average Bonchev–Trinajstić information content (AvgIpc) is 3.06. The Kier molecular flexibility index (Phi) is 6.39. The Morgan fingerprint density at radius 1 is 1.10 bits per heavy atom. The van der Waals surface area contributed by atoms with E-state index in [0.29, 0.717) is 30.2 Å². The molecule has 1 heterocycles. The van der Waals surface area contributed by atoms with Crippen LogP contribution in [-0.2, 0) is 9.59 Å². The van der Waals surface area contributed by atoms with Crippen LogP contribution in [0.25, 0.3) is 6.08 Å². The highest BCUT2D eigenvalue weighted by Crippen LogP contribution is 2.38. The SMILES string of the molecule is COc1cc(/C=C/C(=O)NCCC2C(=O)Nc3ccccc32)cc(OC)c1OC. The quantitative estimate of drug-likeness (QED) is 0.670. The van der Waals surface area contributed by atoms with Gasteiger partial charge in [-0.25, -0.2) is 0 Å². The standard InChI is InChI=1S/C22H24N2O5/c1-27-18-12-14(13-19(28-2)21(18)29-3)8-9-20(25)23-11-10-16-15-6-4-5-7-17(15)24-22(16)26/h4-9,12-13,16H,10-11H2,1-3H3,(H,23,25)(H,24,26)/b9-8+. The highest BCUT2D eigenvalue weighted by Gasteiger charge is 2.29. The topological polar surface area (TPSA) is 85.9 Å². The zero-order valence-corrected chi connectivity index (χ0v) is 16.7. The Hall–Kier alpha value is -3.48. The van der Waals surface area contributed by atoms with E-state index >= 15 is 0 Å². The predicted molar refractivity (Wildman–Crippen MR) is 111 cm³/mol. The van der Waals surface area contributed by atoms with Gasteiger partial charge in [-0.05, 0) is 41.8 Å². The van der Waals surface area contributed by atoms with Crippen LogP contribution in [0.4, 0.5) is 5.69 Å². The van der Waals surface area contributed by atoms with Crippen molar-refractivity contribution in [3.63, 3.8) is 0 Å². The van der Waals surface area contributed by atoms with Crippen LogP contribution in [0.2, 0.25) is 0 Å². The summed E-state index contributed by atoms with van der Waals surface area (Å²) in [5, 5.41) is 5.68. The second-order valence-electron chi connectivity index (χ2n) is 6.50. The summed E-state index contributed by atoms with van der Waals surface area (Å²) in [7, 11) is 4.61. The maximum Gasteiger partial charge on any atom is 0.243 e. The van der Waals surface area contributed by atoms with Crippen molar-refractivity contribution < 1.29 is 23.8 Å². The molecule has 0 aliphatic carbocycles. The summed E-state index contributed by atoms with van der Waals surface area (Å²) in [5.74, 6) is 0.992. The number of carbonyl (C=O) groups is 2. The lowest BCUT2D eigenvalue weighted by Crippen LogP contribution is -2.25. The number of fused-ring (bicyclic) bond motifs is 1. The average molecular weight is 396 g/mol. The van der Waals surface area contributed by atoms with Gasteiger partial charge < -0.3 is 24.8 Å². The first kappa shape index (κ1) is 20.3. The first-order valence-corrected chi connectivity index (χ1v) is 9.23. The molecule has 2 amide bonds. The summed E-state index contributed by atoms with van der Waals surface area (Å²) in [6, 6.07) is 11.1. The van der Waals surface area contributed by atoms with Crippen molar-refractivity contribution in [3.05, 3.63) is 53.6 Å². The summed E-state index contributed by atoms with van der Waals surface area (Å²) >= 11 is 0. The van der Waals surface area contributed by atoms with Crippen LogP contribution in [0.5, 0.6) is 17.2 Å². The molecule has 2 N–H and O–H groups in total. The number of carbonyl (C=O) groups excluding carboxylic acids is 2. The lowest BCUT2D eigenvalue weighted by atomic mass is 9.97. The molecule has 1 aliphatic heterocycles. The number of anilines is 1. The lowest BCUT2D eigenvalue weighted by Gasteiger charge is -2.12. The van der Waals surface area contributed by atoms with Gasteiger partial charge in [-0.2, -0.15) is 0 Å². The van der Waals surface area contributed by atoms with Gasteiger partial charge in [0.1, 0.15) is 0 Å². The highest BCUT2D eigenvalue weighted by molar-refractivity contribution is 6.02. The van der Waals surface area contributed by atoms with Crippen LogP contribution in [0.15, 0.2) is 42.5 Å². The molecule has 3 rings (SSSR count). The van der Waals surface area contributed by atoms with E-state index in [9.17, 15) is 9.59 Å². The Morgan fingerprint density at radius 2 is 1.79 bits per heavy atom. The monoisotopic (exact) mass is 396 g/mol. The first-order chi connectivity index (χ1) is 14.1. The third-order valence-electron chi connectivity index (χ3n) is 4.76. The normalized spacial score (nSPS) is 15.0. The Morgan fingerprint density at radius 3 is 2.45 bits per heavy atom. The molecule has 0 bridgehead atoms. The van der Waals surface area contributed by atoms with Crippen molar-refractivity contribution in [2.45, 2.75) is 12.3 Å². The molecule has 7 nitrogen and oxygen atoms in total. The molecule has 0 fully saturated rings. The zero-order valence-electron chi connectivity index (χ0n) is 16.7. The van der Waals surface area contributed by atoms with E-state index in [0.717, 1.165) is 16.8 Å². The molecule has 2 aromatic rings. The minimum absolute atomic E-state index is 0.0339. The second-order valence-corrected chi connectivity index (χ2v) is 6.50. The van der Waals surface area contributed by atoms with E-state index in [1.165, 1.54) is 27.4 Å². The molecule has 0 saturated heterocycles. The molecule has 0 saturated carbocycles. The number of methoxy groups -OCH3 is 3. The van der Waals surface area contributed by atoms with Crippen molar-refractivity contribution in [1.29, 1.82) is 0 Å². The molecule has 2 aromatic carbocycles. The highest BCUT2D eigenvalue weighted by atomic mass is 16.5. The lowest BCUT2D eigenvalue weighted by molar-refractivity contribution is -0.118. The number of hydrogen-bond acceptors (Lipinski definition) is 5. The minimum Gasteiger partial charge on any atom is -0.493 e. The van der Waals surface area contributed by atoms with E-state index in [1.54, 1.807) is 18.2 Å². The molecule has 1 aliphatic rings. The van der Waals surface area contributed by atoms with Crippen LogP contribution in [0.3, 0.4) is 0 Å². The Bertz CT molecular complexity index is 914. The summed E-state index contributed by atoms with van der Waals surface area (Å²) in [6.45, 7) is 0.394. The van der Waals surface area contributed by atoms with E-state index < -0.39 is 0 Å². The fourth-order valence-electron chi connectivity index (χ4n) is 3.33. The van der Waals surface area contributed by atoms with Crippen molar-refractivity contribution in [1.82, 2.24) is 5.32 Å². The van der Waals surface area contributed by atoms with Crippen molar-refractivity contribution in [2.75, 3.05) is 33.2 Å². The molecule has 1 unspecified atom stereocenters.